The number of carbonyl (C=O) groups is 5. The third-order valence-corrected chi connectivity index (χ3v) is 9.67. The number of nitrogens with zero attached hydrogens (tertiary/aromatic N) is 1. The second-order valence-electron chi connectivity index (χ2n) is 16.1. The van der Waals surface area contributed by atoms with Gasteiger partial charge >= 0.3 is 13.2 Å². The minimum Gasteiger partial charge on any atom is -0.444 e. The molecule has 1 aliphatic heterocycles. The molecule has 1 aliphatic rings. The summed E-state index contributed by atoms with van der Waals surface area (Å²) in [6.07, 6.45) is 2.34. The number of rotatable bonds is 20. The Hall–Kier alpha value is -4.27. The van der Waals surface area contributed by atoms with E-state index >= 15 is 0 Å². The van der Waals surface area contributed by atoms with E-state index in [0.717, 1.165) is 11.1 Å². The van der Waals surface area contributed by atoms with Crippen molar-refractivity contribution in [2.45, 2.75) is 122 Å². The van der Waals surface area contributed by atoms with Crippen LogP contribution in [0.4, 0.5) is 4.79 Å². The quantitative estimate of drug-likeness (QED) is 0.0862. The molecule has 0 saturated carbocycles. The van der Waals surface area contributed by atoms with Crippen LogP contribution in [0.3, 0.4) is 0 Å². The number of nitrogens with one attached hydrogen (secondary N) is 3. The summed E-state index contributed by atoms with van der Waals surface area (Å²) in [5, 5.41) is 27.9. The van der Waals surface area contributed by atoms with Gasteiger partial charge in [0, 0.05) is 32.0 Å². The zero-order chi connectivity index (χ0) is 40.5. The molecule has 0 spiro atoms. The molecule has 1 fully saturated rings. The van der Waals surface area contributed by atoms with Gasteiger partial charge in [-0.1, -0.05) is 74.5 Å². The van der Waals surface area contributed by atoms with E-state index in [9.17, 15) is 34.0 Å². The van der Waals surface area contributed by atoms with Gasteiger partial charge in [0.25, 0.3) is 0 Å². The number of ketones is 1. The Bertz CT molecular complexity index is 1510. The van der Waals surface area contributed by atoms with E-state index in [1.165, 1.54) is 0 Å². The van der Waals surface area contributed by atoms with Crippen LogP contribution in [0.2, 0.25) is 5.82 Å². The number of ether oxygens (including phenoxy) is 1. The number of likely N-dealkylation sites (tertiary alicyclic amines) is 1. The van der Waals surface area contributed by atoms with Crippen molar-refractivity contribution in [1.82, 2.24) is 20.9 Å². The second-order valence-corrected chi connectivity index (χ2v) is 16.1. The third-order valence-electron chi connectivity index (χ3n) is 9.67. The number of carbonyl (C=O) groups excluding carboxylic acids is 5. The molecule has 1 saturated heterocycles. The van der Waals surface area contributed by atoms with Crippen molar-refractivity contribution < 1.29 is 38.8 Å². The first-order valence-corrected chi connectivity index (χ1v) is 19.6. The highest BCUT2D eigenvalue weighted by Crippen LogP contribution is 2.25. The molecule has 1 heterocycles. The Balaban J connectivity index is 1.75. The maximum absolute atomic E-state index is 14.1. The van der Waals surface area contributed by atoms with Crippen LogP contribution in [-0.2, 0) is 36.8 Å². The Morgan fingerprint density at radius 3 is 1.96 bits per heavy atom. The van der Waals surface area contributed by atoms with Crippen molar-refractivity contribution >= 4 is 36.7 Å². The number of hydrogen-bond donors (Lipinski definition) is 6. The molecule has 4 amide bonds. The van der Waals surface area contributed by atoms with Gasteiger partial charge in [-0.05, 0) is 95.0 Å². The van der Waals surface area contributed by atoms with Gasteiger partial charge in [-0.25, -0.2) is 4.79 Å². The first-order chi connectivity index (χ1) is 26.0. The van der Waals surface area contributed by atoms with Crippen LogP contribution in [0.15, 0.2) is 60.7 Å². The average molecular weight is 764 g/mol. The summed E-state index contributed by atoms with van der Waals surface area (Å²) in [4.78, 5) is 69.2. The Morgan fingerprint density at radius 2 is 1.42 bits per heavy atom. The van der Waals surface area contributed by atoms with Gasteiger partial charge in [-0.15, -0.1) is 0 Å². The number of unbranched alkanes of at least 4 members (excludes halogenated alkanes) is 1. The third kappa shape index (κ3) is 16.6. The fraction of sp³-hybridized carbons (Fsp3) is 0.585. The fourth-order valence-electron chi connectivity index (χ4n) is 6.74. The molecule has 4 atom stereocenters. The fourth-order valence-corrected chi connectivity index (χ4v) is 6.74. The highest BCUT2D eigenvalue weighted by atomic mass is 16.6. The topological polar surface area (TPSA) is 200 Å². The number of benzene rings is 2. The van der Waals surface area contributed by atoms with Gasteiger partial charge in [0.05, 0.1) is 12.1 Å². The summed E-state index contributed by atoms with van der Waals surface area (Å²) in [5.41, 5.74) is 7.39. The minimum absolute atomic E-state index is 0.0435. The number of nitrogens with two attached hydrogens (primary N) is 1. The molecule has 2 aromatic carbocycles. The predicted octanol–water partition coefficient (Wildman–Crippen LogP) is 3.55. The smallest absolute Gasteiger partial charge is 0.444 e. The zero-order valence-electron chi connectivity index (χ0n) is 33.2. The predicted molar refractivity (Wildman–Crippen MR) is 213 cm³/mol. The molecular weight excluding hydrogens is 701 g/mol. The van der Waals surface area contributed by atoms with Crippen LogP contribution in [-0.4, -0.2) is 95.0 Å². The molecule has 14 heteroatoms. The summed E-state index contributed by atoms with van der Waals surface area (Å²) in [6, 6.07) is 16.0. The first-order valence-electron chi connectivity index (χ1n) is 19.6. The summed E-state index contributed by atoms with van der Waals surface area (Å²) >= 11 is 0. The SMILES string of the molecule is CC(C)C[C@@H](CC(=O)[C@@H](Cc1ccccc1)NC(=O)[C@H](N)Cc1ccccc1)C(=O)N[C@H](CCCCNC(=O)OC(C)(C)C)C(=O)N1CCC(B(O)O)CC1. The van der Waals surface area contributed by atoms with Crippen molar-refractivity contribution in [1.29, 1.82) is 0 Å². The number of Topliss-reactive ketones (excluding diaryl/α,β-unsaturated/α-hetero) is 1. The van der Waals surface area contributed by atoms with E-state index in [2.05, 4.69) is 16.0 Å². The average Bonchev–Trinajstić information content (AvgIpc) is 3.13. The minimum atomic E-state index is -1.46. The number of hydrogen-bond acceptors (Lipinski definition) is 9. The highest BCUT2D eigenvalue weighted by molar-refractivity contribution is 6.43. The lowest BCUT2D eigenvalue weighted by Gasteiger charge is -2.34. The molecule has 0 unspecified atom stereocenters. The van der Waals surface area contributed by atoms with Crippen LogP contribution < -0.4 is 21.7 Å². The lowest BCUT2D eigenvalue weighted by atomic mass is 9.67. The monoisotopic (exact) mass is 763 g/mol. The normalized spacial score (nSPS) is 15.7. The summed E-state index contributed by atoms with van der Waals surface area (Å²) in [7, 11) is -1.46. The van der Waals surface area contributed by atoms with E-state index in [4.69, 9.17) is 10.5 Å². The van der Waals surface area contributed by atoms with Crippen molar-refractivity contribution in [3.05, 3.63) is 71.8 Å². The zero-order valence-corrected chi connectivity index (χ0v) is 33.2. The van der Waals surface area contributed by atoms with Gasteiger partial charge in [-0.2, -0.15) is 0 Å². The highest BCUT2D eigenvalue weighted by Gasteiger charge is 2.35. The van der Waals surface area contributed by atoms with E-state index in [-0.39, 0.29) is 42.7 Å². The van der Waals surface area contributed by atoms with Crippen molar-refractivity contribution in [2.24, 2.45) is 17.6 Å². The van der Waals surface area contributed by atoms with Crippen molar-refractivity contribution in [3.8, 4) is 0 Å². The lowest BCUT2D eigenvalue weighted by molar-refractivity contribution is -0.139. The van der Waals surface area contributed by atoms with Gasteiger partial charge in [0.2, 0.25) is 17.7 Å². The van der Waals surface area contributed by atoms with Gasteiger partial charge in [0.1, 0.15) is 11.6 Å². The van der Waals surface area contributed by atoms with Crippen LogP contribution in [0.1, 0.15) is 90.7 Å². The molecule has 0 aliphatic carbocycles. The molecule has 2 aromatic rings. The Labute approximate surface area is 326 Å². The molecule has 13 nitrogen and oxygen atoms in total. The summed E-state index contributed by atoms with van der Waals surface area (Å²) < 4.78 is 5.30. The van der Waals surface area contributed by atoms with E-state index in [1.807, 2.05) is 74.5 Å². The van der Waals surface area contributed by atoms with Crippen molar-refractivity contribution in [3.63, 3.8) is 0 Å². The van der Waals surface area contributed by atoms with Crippen LogP contribution in [0.25, 0.3) is 0 Å². The van der Waals surface area contributed by atoms with Crippen LogP contribution in [0.5, 0.6) is 0 Å². The summed E-state index contributed by atoms with van der Waals surface area (Å²) in [5.74, 6) is -2.57. The molecule has 0 bridgehead atoms. The van der Waals surface area contributed by atoms with Crippen molar-refractivity contribution in [2.75, 3.05) is 19.6 Å². The maximum Gasteiger partial charge on any atom is 0.454 e. The number of amides is 4. The second kappa shape index (κ2) is 22.3. The molecule has 302 valence electrons. The Morgan fingerprint density at radius 1 is 0.855 bits per heavy atom. The first kappa shape index (κ1) is 45.1. The molecule has 55 heavy (non-hydrogen) atoms. The number of alkyl carbamates (subject to hydrolysis) is 1. The maximum atomic E-state index is 14.1. The van der Waals surface area contributed by atoms with Gasteiger partial charge < -0.3 is 41.4 Å². The molecule has 0 radical (unpaired) electrons. The van der Waals surface area contributed by atoms with Gasteiger partial charge in [0.15, 0.2) is 5.78 Å². The molecule has 0 aromatic heterocycles. The Kier molecular flexibility index (Phi) is 18.3. The van der Waals surface area contributed by atoms with E-state index in [0.29, 0.717) is 58.2 Å². The van der Waals surface area contributed by atoms with Crippen LogP contribution in [0, 0.1) is 11.8 Å². The summed E-state index contributed by atoms with van der Waals surface area (Å²) in [6.45, 7) is 10.2. The van der Waals surface area contributed by atoms with Gasteiger partial charge in [-0.3, -0.25) is 19.2 Å². The largest absolute Gasteiger partial charge is 0.454 e. The molecule has 3 rings (SSSR count). The van der Waals surface area contributed by atoms with E-state index in [1.54, 1.807) is 25.7 Å². The standard InChI is InChI=1S/C41H62BN5O8/c1-28(2)24-31(27-36(48)35(26-30-16-10-7-11-17-30)46-38(50)33(43)25-29-14-8-6-9-15-29)37(49)45-34(18-12-13-21-44-40(52)55-41(3,4)5)39(51)47-22-19-32(20-23-47)42(53)54/h6-11,14-17,28,31-35,53-54H,12-13,18-27,43H2,1-5H3,(H,44,52)(H,45,49)(H,46,50)/t31-,33+,34+,35+/m0/s1. The van der Waals surface area contributed by atoms with Crippen LogP contribution >= 0.6 is 0 Å². The van der Waals surface area contributed by atoms with E-state index < -0.39 is 54.7 Å². The molecular formula is C41H62BN5O8. The molecule has 7 N–H and O–H groups in total. The lowest BCUT2D eigenvalue weighted by Crippen LogP contribution is -2.53. The number of piperidine rings is 1.